The molecule has 1 aromatic carbocycles. The maximum atomic E-state index is 13.7. The summed E-state index contributed by atoms with van der Waals surface area (Å²) in [7, 11) is 0. The summed E-state index contributed by atoms with van der Waals surface area (Å²) in [5.74, 6) is -0.366. The number of hydrogen-bond acceptors (Lipinski definition) is 3. The second-order valence-electron chi connectivity index (χ2n) is 6.63. The molecule has 0 saturated heterocycles. The van der Waals surface area contributed by atoms with Gasteiger partial charge < -0.3 is 10.6 Å². The smallest absolute Gasteiger partial charge is 0.363 e. The van der Waals surface area contributed by atoms with E-state index in [2.05, 4.69) is 15.7 Å². The largest absolute Gasteiger partial charge is 0.410 e. The summed E-state index contributed by atoms with van der Waals surface area (Å²) < 4.78 is 41.9. The van der Waals surface area contributed by atoms with E-state index in [1.807, 2.05) is 6.92 Å². The minimum atomic E-state index is -4.52. The van der Waals surface area contributed by atoms with Crippen molar-refractivity contribution in [2.24, 2.45) is 0 Å². The number of unbranched alkanes of at least 4 members (excludes halogenated alkanes) is 1. The van der Waals surface area contributed by atoms with Crippen LogP contribution in [0.5, 0.6) is 0 Å². The summed E-state index contributed by atoms with van der Waals surface area (Å²) in [5, 5.41) is 10.2. The van der Waals surface area contributed by atoms with Gasteiger partial charge in [0.25, 0.3) is 5.91 Å². The van der Waals surface area contributed by atoms with E-state index in [0.717, 1.165) is 17.5 Å². The molecule has 0 radical (unpaired) electrons. The van der Waals surface area contributed by atoms with Gasteiger partial charge in [-0.15, -0.1) is 0 Å². The molecule has 0 bridgehead atoms. The summed E-state index contributed by atoms with van der Waals surface area (Å²) in [6.45, 7) is 2.42. The van der Waals surface area contributed by atoms with Crippen molar-refractivity contribution < 1.29 is 18.0 Å². The highest BCUT2D eigenvalue weighted by Gasteiger charge is 2.46. The van der Waals surface area contributed by atoms with Crippen LogP contribution in [0.25, 0.3) is 0 Å². The van der Waals surface area contributed by atoms with Crippen molar-refractivity contribution in [1.82, 2.24) is 15.1 Å². The molecule has 2 aromatic rings. The van der Waals surface area contributed by atoms with Crippen LogP contribution in [-0.2, 0) is 0 Å². The fourth-order valence-corrected chi connectivity index (χ4v) is 3.41. The second-order valence-corrected chi connectivity index (χ2v) is 7.45. The lowest BCUT2D eigenvalue weighted by Gasteiger charge is -2.33. The summed E-state index contributed by atoms with van der Waals surface area (Å²) in [5.41, 5.74) is 0.521. The number of carbonyl (C=O) groups is 1. The van der Waals surface area contributed by atoms with Gasteiger partial charge in [-0.05, 0) is 24.1 Å². The zero-order valence-corrected chi connectivity index (χ0v) is 16.5. The lowest BCUT2D eigenvalue weighted by atomic mass is 9.97. The summed E-state index contributed by atoms with van der Waals surface area (Å²) >= 11 is 11.9. The Morgan fingerprint density at radius 3 is 2.71 bits per heavy atom. The molecule has 2 unspecified atom stereocenters. The van der Waals surface area contributed by atoms with Crippen LogP contribution < -0.4 is 10.6 Å². The molecule has 1 aromatic heterocycles. The fraction of sp³-hybridized carbons (Fsp3) is 0.444. The number of carbonyl (C=O) groups excluding carboxylic acids is 1. The van der Waals surface area contributed by atoms with Crippen LogP contribution in [-0.4, -0.2) is 28.4 Å². The number of hydrogen-bond donors (Lipinski definition) is 2. The van der Waals surface area contributed by atoms with Crippen LogP contribution in [0, 0.1) is 0 Å². The van der Waals surface area contributed by atoms with Crippen molar-refractivity contribution in [3.63, 3.8) is 0 Å². The number of rotatable bonds is 5. The van der Waals surface area contributed by atoms with Gasteiger partial charge in [0.05, 0.1) is 16.1 Å². The highest BCUT2D eigenvalue weighted by Crippen LogP contribution is 2.44. The molecule has 5 nitrogen and oxygen atoms in total. The van der Waals surface area contributed by atoms with E-state index in [1.54, 1.807) is 18.2 Å². The van der Waals surface area contributed by atoms with Crippen LogP contribution in [0.1, 0.15) is 54.3 Å². The van der Waals surface area contributed by atoms with Crippen LogP contribution >= 0.6 is 23.2 Å². The molecule has 0 aliphatic carbocycles. The Balaban J connectivity index is 1.91. The molecule has 0 spiro atoms. The van der Waals surface area contributed by atoms with Crippen molar-refractivity contribution in [3.8, 4) is 0 Å². The Labute approximate surface area is 170 Å². The third kappa shape index (κ3) is 4.38. The number of amides is 1. The van der Waals surface area contributed by atoms with Crippen molar-refractivity contribution in [3.05, 3.63) is 45.6 Å². The summed E-state index contributed by atoms with van der Waals surface area (Å²) in [4.78, 5) is 12.2. The van der Waals surface area contributed by atoms with Gasteiger partial charge in [-0.1, -0.05) is 42.6 Å². The maximum absolute atomic E-state index is 13.7. The van der Waals surface area contributed by atoms with Crippen LogP contribution in [0.2, 0.25) is 10.0 Å². The van der Waals surface area contributed by atoms with Gasteiger partial charge in [-0.2, -0.15) is 18.3 Å². The molecule has 0 saturated carbocycles. The molecule has 1 aliphatic rings. The van der Waals surface area contributed by atoms with E-state index in [0.29, 0.717) is 17.1 Å². The normalized spacial score (nSPS) is 19.1. The molecule has 1 aliphatic heterocycles. The molecule has 2 atom stereocenters. The van der Waals surface area contributed by atoms with Crippen LogP contribution in [0.15, 0.2) is 24.3 Å². The molecular weight excluding hydrogens is 416 g/mol. The molecule has 152 valence electrons. The first-order chi connectivity index (χ1) is 13.2. The fourth-order valence-electron chi connectivity index (χ4n) is 3.10. The molecule has 2 N–H and O–H groups in total. The lowest BCUT2D eigenvalue weighted by Crippen LogP contribution is -2.35. The number of alkyl halides is 3. The second kappa shape index (κ2) is 8.21. The maximum Gasteiger partial charge on any atom is 0.410 e. The van der Waals surface area contributed by atoms with E-state index in [1.165, 1.54) is 6.07 Å². The zero-order chi connectivity index (χ0) is 20.5. The van der Waals surface area contributed by atoms with Crippen molar-refractivity contribution >= 4 is 34.9 Å². The van der Waals surface area contributed by atoms with Gasteiger partial charge in [0.15, 0.2) is 11.7 Å². The van der Waals surface area contributed by atoms with E-state index in [4.69, 9.17) is 23.2 Å². The number of nitrogens with one attached hydrogen (secondary N) is 2. The Bertz CT molecular complexity index is 869. The van der Waals surface area contributed by atoms with Gasteiger partial charge in [0, 0.05) is 19.0 Å². The molecule has 10 heteroatoms. The Morgan fingerprint density at radius 2 is 2.07 bits per heavy atom. The molecule has 2 heterocycles. The van der Waals surface area contributed by atoms with Crippen LogP contribution in [0.3, 0.4) is 0 Å². The van der Waals surface area contributed by atoms with Crippen LogP contribution in [0.4, 0.5) is 19.0 Å². The number of anilines is 1. The highest BCUT2D eigenvalue weighted by molar-refractivity contribution is 6.42. The van der Waals surface area contributed by atoms with Gasteiger partial charge in [-0.25, -0.2) is 4.68 Å². The first-order valence-electron chi connectivity index (χ1n) is 8.86. The average Bonchev–Trinajstić information content (AvgIpc) is 3.06. The Kier molecular flexibility index (Phi) is 6.09. The predicted molar refractivity (Wildman–Crippen MR) is 102 cm³/mol. The lowest BCUT2D eigenvalue weighted by molar-refractivity contribution is -0.173. The minimum absolute atomic E-state index is 0.0531. The summed E-state index contributed by atoms with van der Waals surface area (Å²) in [6, 6.07) is 3.54. The van der Waals surface area contributed by atoms with E-state index >= 15 is 0 Å². The molecule has 28 heavy (non-hydrogen) atoms. The third-order valence-electron chi connectivity index (χ3n) is 4.58. The van der Waals surface area contributed by atoms with E-state index in [9.17, 15) is 18.0 Å². The first-order valence-corrected chi connectivity index (χ1v) is 9.62. The zero-order valence-electron chi connectivity index (χ0n) is 15.0. The van der Waals surface area contributed by atoms with Gasteiger partial charge in [0.1, 0.15) is 5.82 Å². The third-order valence-corrected chi connectivity index (χ3v) is 5.32. The minimum Gasteiger partial charge on any atom is -0.363 e. The van der Waals surface area contributed by atoms with E-state index in [-0.39, 0.29) is 23.0 Å². The Hall–Kier alpha value is -1.93. The van der Waals surface area contributed by atoms with Crippen molar-refractivity contribution in [2.45, 2.75) is 44.4 Å². The van der Waals surface area contributed by atoms with Crippen molar-refractivity contribution in [2.75, 3.05) is 11.9 Å². The SMILES string of the molecule is CCCCNC(=O)c1cc2n(n1)C(C(F)(F)F)CC(c1ccc(Cl)c(Cl)c1)N2. The number of halogens is 5. The van der Waals surface area contributed by atoms with Gasteiger partial charge in [-0.3, -0.25) is 4.79 Å². The van der Waals surface area contributed by atoms with Gasteiger partial charge in [0.2, 0.25) is 0 Å². The predicted octanol–water partition coefficient (Wildman–Crippen LogP) is 5.38. The first kappa shape index (κ1) is 20.8. The topological polar surface area (TPSA) is 59.0 Å². The monoisotopic (exact) mass is 434 g/mol. The quantitative estimate of drug-likeness (QED) is 0.620. The van der Waals surface area contributed by atoms with Gasteiger partial charge >= 0.3 is 6.18 Å². The van der Waals surface area contributed by atoms with Crippen molar-refractivity contribution in [1.29, 1.82) is 0 Å². The number of fused-ring (bicyclic) bond motifs is 1. The average molecular weight is 435 g/mol. The number of nitrogens with zero attached hydrogens (tertiary/aromatic N) is 2. The standard InChI is InChI=1S/C18H19Cl2F3N4O/c1-2-3-6-24-17(28)14-9-16-25-13(10-4-5-11(19)12(20)7-10)8-15(18(21,22)23)27(16)26-14/h4-5,7,9,13,15,25H,2-3,6,8H2,1H3,(H,24,28). The molecule has 0 fully saturated rings. The number of aromatic nitrogens is 2. The Morgan fingerprint density at radius 1 is 1.32 bits per heavy atom. The molecule has 3 rings (SSSR count). The van der Waals surface area contributed by atoms with E-state index < -0.39 is 24.2 Å². The summed E-state index contributed by atoms with van der Waals surface area (Å²) in [6.07, 6.45) is -3.13. The molecular formula is C18H19Cl2F3N4O. The number of benzene rings is 1. The molecule has 1 amide bonds. The highest BCUT2D eigenvalue weighted by atomic mass is 35.5.